The van der Waals surface area contributed by atoms with Gasteiger partial charge in [0.1, 0.15) is 11.5 Å². The Morgan fingerprint density at radius 1 is 0.811 bits per heavy atom. The molecule has 9 heteroatoms. The molecule has 7 rings (SSSR count). The van der Waals surface area contributed by atoms with Gasteiger partial charge >= 0.3 is 6.03 Å². The molecule has 2 heterocycles. The highest BCUT2D eigenvalue weighted by atomic mass is 16.7. The van der Waals surface area contributed by atoms with Gasteiger partial charge in [-0.1, -0.05) is 84.9 Å². The van der Waals surface area contributed by atoms with E-state index in [1.165, 1.54) is 6.42 Å². The van der Waals surface area contributed by atoms with Crippen molar-refractivity contribution in [3.63, 3.8) is 0 Å². The number of nitrogens with zero attached hydrogens (tertiary/aromatic N) is 1. The van der Waals surface area contributed by atoms with Crippen LogP contribution < -0.4 is 15.4 Å². The summed E-state index contributed by atoms with van der Waals surface area (Å²) >= 11 is 0. The molecule has 3 N–H and O–H groups in total. The molecule has 2 aliphatic rings. The summed E-state index contributed by atoms with van der Waals surface area (Å²) in [5.74, 6) is 1.45. The molecule has 2 fully saturated rings. The Morgan fingerprint density at radius 2 is 1.57 bits per heavy atom. The first-order chi connectivity index (χ1) is 26.0. The number of rotatable bonds is 13. The molecule has 0 saturated carbocycles. The number of hydrogen-bond acceptors (Lipinski definition) is 7. The van der Waals surface area contributed by atoms with Crippen molar-refractivity contribution in [3.05, 3.63) is 150 Å². The van der Waals surface area contributed by atoms with Gasteiger partial charge in [-0.15, -0.1) is 0 Å². The molecule has 5 aromatic carbocycles. The van der Waals surface area contributed by atoms with Crippen LogP contribution in [0.4, 0.5) is 10.5 Å². The molecule has 0 spiro atoms. The lowest BCUT2D eigenvalue weighted by Gasteiger charge is -2.38. The number of nitrogens with one attached hydrogen (secondary N) is 2. The number of aliphatic hydroxyl groups excluding tert-OH is 1. The van der Waals surface area contributed by atoms with Crippen molar-refractivity contribution in [3.8, 4) is 22.6 Å². The molecule has 274 valence electrons. The van der Waals surface area contributed by atoms with E-state index >= 15 is 0 Å². The standard InChI is InChI=1S/C44H47N3O6/c1-50-30-38-9-6-24-47(38)28-41-26-42(34-14-12-31(29-48)13-15-34)53-43(52-41)35-18-16-33(17-19-35)36-8-5-7-32(25-36)27-45-44(49)46-37-20-22-40(23-21-37)51-39-10-3-2-4-11-39/h2-5,7-8,10-23,25,38,41-43,48H,6,9,24,26-30H2,1H3,(H2,45,46,49)/t38-,41+,42-,43-/m0/s1. The largest absolute Gasteiger partial charge is 0.457 e. The zero-order valence-corrected chi connectivity index (χ0v) is 30.0. The fraction of sp³-hybridized carbons (Fsp3) is 0.295. The number of carbonyl (C=O) groups is 1. The predicted molar refractivity (Wildman–Crippen MR) is 206 cm³/mol. The second kappa shape index (κ2) is 17.7. The SMILES string of the molecule is COC[C@@H]1CCCN1C[C@H]1C[C@@H](c2ccc(CO)cc2)O[C@@H](c2ccc(-c3cccc(CNC(=O)Nc4ccc(Oc5ccccc5)cc4)c3)cc2)O1. The van der Waals surface area contributed by atoms with Gasteiger partial charge in [0.15, 0.2) is 6.29 Å². The summed E-state index contributed by atoms with van der Waals surface area (Å²) in [5, 5.41) is 15.4. The first-order valence-corrected chi connectivity index (χ1v) is 18.3. The zero-order chi connectivity index (χ0) is 36.4. The zero-order valence-electron chi connectivity index (χ0n) is 30.0. The number of ether oxygens (including phenoxy) is 4. The Bertz CT molecular complexity index is 1900. The molecule has 9 nitrogen and oxygen atoms in total. The molecule has 4 atom stereocenters. The molecule has 2 amide bonds. The smallest absolute Gasteiger partial charge is 0.319 e. The molecule has 2 saturated heterocycles. The maximum absolute atomic E-state index is 12.7. The minimum atomic E-state index is -0.518. The van der Waals surface area contributed by atoms with Crippen LogP contribution in [0.1, 0.15) is 53.9 Å². The summed E-state index contributed by atoms with van der Waals surface area (Å²) in [6.45, 7) is 2.99. The Morgan fingerprint density at radius 3 is 2.32 bits per heavy atom. The topological polar surface area (TPSA) is 102 Å². The van der Waals surface area contributed by atoms with Crippen molar-refractivity contribution in [2.45, 2.75) is 57.0 Å². The van der Waals surface area contributed by atoms with E-state index in [1.54, 1.807) is 7.11 Å². The van der Waals surface area contributed by atoms with Crippen molar-refractivity contribution in [1.29, 1.82) is 0 Å². The normalized spacial score (nSPS) is 20.2. The Labute approximate surface area is 311 Å². The highest BCUT2D eigenvalue weighted by molar-refractivity contribution is 5.89. The van der Waals surface area contributed by atoms with Crippen LogP contribution in [0, 0.1) is 0 Å². The van der Waals surface area contributed by atoms with E-state index in [0.717, 1.165) is 71.7 Å². The molecule has 5 aromatic rings. The number of aliphatic hydroxyl groups is 1. The Balaban J connectivity index is 0.974. The average molecular weight is 714 g/mol. The molecule has 0 aromatic heterocycles. The third kappa shape index (κ3) is 9.70. The highest BCUT2D eigenvalue weighted by Gasteiger charge is 2.35. The lowest BCUT2D eigenvalue weighted by Crippen LogP contribution is -2.42. The number of para-hydroxylation sites is 1. The first-order valence-electron chi connectivity index (χ1n) is 18.3. The van der Waals surface area contributed by atoms with Crippen LogP contribution in [0.15, 0.2) is 127 Å². The van der Waals surface area contributed by atoms with E-state index in [-0.39, 0.29) is 24.8 Å². The number of carbonyl (C=O) groups excluding carboxylic acids is 1. The Hall–Kier alpha value is -5.03. The summed E-state index contributed by atoms with van der Waals surface area (Å²) in [6.07, 6.45) is 2.39. The summed E-state index contributed by atoms with van der Waals surface area (Å²) in [5.41, 5.74) is 6.68. The molecule has 0 radical (unpaired) electrons. The van der Waals surface area contributed by atoms with Gasteiger partial charge < -0.3 is 34.7 Å². The van der Waals surface area contributed by atoms with Crippen molar-refractivity contribution in [2.75, 3.05) is 32.1 Å². The van der Waals surface area contributed by atoms with Crippen molar-refractivity contribution >= 4 is 11.7 Å². The lowest BCUT2D eigenvalue weighted by atomic mass is 9.99. The number of amides is 2. The molecule has 0 unspecified atom stereocenters. The fourth-order valence-electron chi connectivity index (χ4n) is 7.09. The average Bonchev–Trinajstić information content (AvgIpc) is 3.64. The van der Waals surface area contributed by atoms with Gasteiger partial charge in [0.2, 0.25) is 0 Å². The molecule has 0 aliphatic carbocycles. The third-order valence-electron chi connectivity index (χ3n) is 9.90. The minimum absolute atomic E-state index is 0.0113. The number of likely N-dealkylation sites (tertiary alicyclic amines) is 1. The van der Waals surface area contributed by atoms with Crippen LogP contribution >= 0.6 is 0 Å². The number of methoxy groups -OCH3 is 1. The Kier molecular flexibility index (Phi) is 12.1. The van der Waals surface area contributed by atoms with Gasteiger partial charge in [-0.2, -0.15) is 0 Å². The van der Waals surface area contributed by atoms with Gasteiger partial charge in [0.25, 0.3) is 0 Å². The minimum Gasteiger partial charge on any atom is -0.457 e. The number of benzene rings is 5. The van der Waals surface area contributed by atoms with Crippen molar-refractivity contribution in [2.24, 2.45) is 0 Å². The number of anilines is 1. The van der Waals surface area contributed by atoms with Gasteiger partial charge in [-0.05, 0) is 89.7 Å². The molecule has 0 bridgehead atoms. The van der Waals surface area contributed by atoms with E-state index in [2.05, 4.69) is 51.9 Å². The van der Waals surface area contributed by atoms with Gasteiger partial charge in [0, 0.05) is 43.9 Å². The van der Waals surface area contributed by atoms with Gasteiger partial charge in [-0.25, -0.2) is 4.79 Å². The molecule has 2 aliphatic heterocycles. The van der Waals surface area contributed by atoms with Crippen molar-refractivity contribution in [1.82, 2.24) is 10.2 Å². The van der Waals surface area contributed by atoms with Crippen LogP contribution in [0.3, 0.4) is 0 Å². The first kappa shape index (κ1) is 36.3. The van der Waals surface area contributed by atoms with E-state index < -0.39 is 6.29 Å². The third-order valence-corrected chi connectivity index (χ3v) is 9.90. The van der Waals surface area contributed by atoms with Crippen LogP contribution in [0.25, 0.3) is 11.1 Å². The second-order valence-electron chi connectivity index (χ2n) is 13.7. The molecule has 53 heavy (non-hydrogen) atoms. The van der Waals surface area contributed by atoms with E-state index in [4.69, 9.17) is 18.9 Å². The monoisotopic (exact) mass is 713 g/mol. The molecular formula is C44H47N3O6. The predicted octanol–water partition coefficient (Wildman–Crippen LogP) is 8.62. The van der Waals surface area contributed by atoms with Gasteiger partial charge in [0.05, 0.1) is 25.4 Å². The van der Waals surface area contributed by atoms with Crippen LogP contribution in [-0.4, -0.2) is 55.0 Å². The lowest BCUT2D eigenvalue weighted by molar-refractivity contribution is -0.253. The second-order valence-corrected chi connectivity index (χ2v) is 13.7. The molecular weight excluding hydrogens is 666 g/mol. The van der Waals surface area contributed by atoms with Crippen LogP contribution in [0.5, 0.6) is 11.5 Å². The highest BCUT2D eigenvalue weighted by Crippen LogP contribution is 2.39. The summed E-state index contributed by atoms with van der Waals surface area (Å²) in [7, 11) is 1.77. The number of urea groups is 1. The fourth-order valence-corrected chi connectivity index (χ4v) is 7.09. The van der Waals surface area contributed by atoms with Crippen LogP contribution in [0.2, 0.25) is 0 Å². The van der Waals surface area contributed by atoms with E-state index in [9.17, 15) is 9.90 Å². The van der Waals surface area contributed by atoms with Gasteiger partial charge in [-0.3, -0.25) is 4.90 Å². The quantitative estimate of drug-likeness (QED) is 0.112. The maximum Gasteiger partial charge on any atom is 0.319 e. The van der Waals surface area contributed by atoms with E-state index in [1.807, 2.05) is 91.0 Å². The maximum atomic E-state index is 12.7. The number of hydrogen-bond donors (Lipinski definition) is 3. The van der Waals surface area contributed by atoms with Crippen LogP contribution in [-0.2, 0) is 27.4 Å². The van der Waals surface area contributed by atoms with Crippen molar-refractivity contribution < 1.29 is 28.8 Å². The summed E-state index contributed by atoms with van der Waals surface area (Å²) < 4.78 is 24.6. The van der Waals surface area contributed by atoms with E-state index in [0.29, 0.717) is 24.0 Å². The summed E-state index contributed by atoms with van der Waals surface area (Å²) in [4.78, 5) is 15.2. The summed E-state index contributed by atoms with van der Waals surface area (Å²) in [6, 6.07) is 41.5.